The minimum absolute atomic E-state index is 0.0773. The lowest BCUT2D eigenvalue weighted by molar-refractivity contribution is 0.611. The van der Waals surface area contributed by atoms with Crippen LogP contribution in [-0.2, 0) is 0 Å². The largest absolute Gasteiger partial charge is 0.397 e. The maximum absolute atomic E-state index is 13.6. The molecule has 0 aromatic heterocycles. The van der Waals surface area contributed by atoms with E-state index in [0.29, 0.717) is 5.69 Å². The first-order valence-electron chi connectivity index (χ1n) is 6.48. The number of unbranched alkanes of at least 4 members (excludes halogenated alkanes) is 2. The molecular formula is C14H22ClFN2. The maximum atomic E-state index is 13.6. The molecule has 1 aromatic carbocycles. The minimum atomic E-state index is -0.415. The predicted octanol–water partition coefficient (Wildman–Crippen LogP) is 4.47. The van der Waals surface area contributed by atoms with Crippen LogP contribution in [0.15, 0.2) is 12.1 Å². The van der Waals surface area contributed by atoms with Crippen LogP contribution in [0, 0.1) is 5.82 Å². The Morgan fingerprint density at radius 2 is 2.00 bits per heavy atom. The summed E-state index contributed by atoms with van der Waals surface area (Å²) < 4.78 is 13.6. The van der Waals surface area contributed by atoms with Crippen molar-refractivity contribution in [2.75, 3.05) is 17.2 Å². The van der Waals surface area contributed by atoms with Crippen molar-refractivity contribution in [2.24, 2.45) is 0 Å². The van der Waals surface area contributed by atoms with E-state index in [1.165, 1.54) is 18.6 Å². The summed E-state index contributed by atoms with van der Waals surface area (Å²) >= 11 is 5.72. The van der Waals surface area contributed by atoms with Crippen LogP contribution in [0.2, 0.25) is 5.02 Å². The standard InChI is InChI=1S/C14H22ClFN2/c1-4-5-6-7-18(10(2)3)14-9-12(16)11(15)8-13(14)17/h8-10H,4-7,17H2,1-3H3. The highest BCUT2D eigenvalue weighted by atomic mass is 35.5. The molecule has 0 spiro atoms. The molecule has 1 rings (SSSR count). The first-order chi connectivity index (χ1) is 8.47. The highest BCUT2D eigenvalue weighted by Gasteiger charge is 2.15. The quantitative estimate of drug-likeness (QED) is 0.612. The third-order valence-corrected chi connectivity index (χ3v) is 3.29. The molecule has 0 saturated carbocycles. The van der Waals surface area contributed by atoms with Gasteiger partial charge in [-0.05, 0) is 26.3 Å². The van der Waals surface area contributed by atoms with Gasteiger partial charge in [0.15, 0.2) is 0 Å². The Balaban J connectivity index is 2.95. The molecule has 0 bridgehead atoms. The molecule has 0 saturated heterocycles. The van der Waals surface area contributed by atoms with Gasteiger partial charge in [-0.1, -0.05) is 31.4 Å². The summed E-state index contributed by atoms with van der Waals surface area (Å²) in [6.07, 6.45) is 3.41. The Kier molecular flexibility index (Phi) is 5.73. The predicted molar refractivity (Wildman–Crippen MR) is 77.8 cm³/mol. The summed E-state index contributed by atoms with van der Waals surface area (Å²) in [5, 5.41) is 0.0773. The van der Waals surface area contributed by atoms with Crippen LogP contribution < -0.4 is 10.6 Å². The molecule has 18 heavy (non-hydrogen) atoms. The number of hydrogen-bond acceptors (Lipinski definition) is 2. The number of nitrogens with two attached hydrogens (primary N) is 1. The number of benzene rings is 1. The first-order valence-corrected chi connectivity index (χ1v) is 6.86. The second kappa shape index (κ2) is 6.83. The van der Waals surface area contributed by atoms with Gasteiger partial charge in [-0.15, -0.1) is 0 Å². The Morgan fingerprint density at radius 3 is 2.56 bits per heavy atom. The van der Waals surface area contributed by atoms with Crippen LogP contribution in [-0.4, -0.2) is 12.6 Å². The fourth-order valence-electron chi connectivity index (χ4n) is 1.99. The number of nitrogen functional groups attached to an aromatic ring is 1. The summed E-state index contributed by atoms with van der Waals surface area (Å²) in [7, 11) is 0. The normalized spacial score (nSPS) is 11.0. The monoisotopic (exact) mass is 272 g/mol. The Bertz CT molecular complexity index is 394. The Hall–Kier alpha value is -0.960. The van der Waals surface area contributed by atoms with Crippen LogP contribution in [0.3, 0.4) is 0 Å². The molecule has 0 heterocycles. The van der Waals surface area contributed by atoms with Gasteiger partial charge in [0, 0.05) is 18.7 Å². The molecular weight excluding hydrogens is 251 g/mol. The summed E-state index contributed by atoms with van der Waals surface area (Å²) in [5.74, 6) is -0.415. The molecule has 2 nitrogen and oxygen atoms in total. The second-order valence-electron chi connectivity index (χ2n) is 4.82. The fraction of sp³-hybridized carbons (Fsp3) is 0.571. The van der Waals surface area contributed by atoms with Gasteiger partial charge in [-0.3, -0.25) is 0 Å². The van der Waals surface area contributed by atoms with Gasteiger partial charge in [-0.25, -0.2) is 4.39 Å². The SMILES string of the molecule is CCCCCN(c1cc(F)c(Cl)cc1N)C(C)C. The van der Waals surface area contributed by atoms with Crippen LogP contribution >= 0.6 is 11.6 Å². The van der Waals surface area contributed by atoms with Crippen molar-refractivity contribution in [3.8, 4) is 0 Å². The molecule has 0 atom stereocenters. The molecule has 102 valence electrons. The number of halogens is 2. The first kappa shape index (κ1) is 15.1. The zero-order chi connectivity index (χ0) is 13.7. The molecule has 4 heteroatoms. The highest BCUT2D eigenvalue weighted by molar-refractivity contribution is 6.31. The smallest absolute Gasteiger partial charge is 0.144 e. The van der Waals surface area contributed by atoms with Crippen molar-refractivity contribution in [2.45, 2.75) is 46.1 Å². The summed E-state index contributed by atoms with van der Waals surface area (Å²) in [6, 6.07) is 3.20. The van der Waals surface area contributed by atoms with E-state index < -0.39 is 5.82 Å². The fourth-order valence-corrected chi connectivity index (χ4v) is 2.16. The number of rotatable bonds is 6. The molecule has 0 aliphatic rings. The van der Waals surface area contributed by atoms with Crippen molar-refractivity contribution in [3.63, 3.8) is 0 Å². The molecule has 0 radical (unpaired) electrons. The van der Waals surface area contributed by atoms with Gasteiger partial charge in [0.25, 0.3) is 0 Å². The molecule has 0 unspecified atom stereocenters. The van der Waals surface area contributed by atoms with Gasteiger partial charge in [0.05, 0.1) is 16.4 Å². The third-order valence-electron chi connectivity index (χ3n) is 3.00. The van der Waals surface area contributed by atoms with Gasteiger partial charge in [-0.2, -0.15) is 0 Å². The maximum Gasteiger partial charge on any atom is 0.144 e. The van der Waals surface area contributed by atoms with E-state index in [2.05, 4.69) is 25.7 Å². The summed E-state index contributed by atoms with van der Waals surface area (Å²) in [5.41, 5.74) is 7.21. The lowest BCUT2D eigenvalue weighted by atomic mass is 10.1. The van der Waals surface area contributed by atoms with Crippen LogP contribution in [0.1, 0.15) is 40.0 Å². The van der Waals surface area contributed by atoms with Gasteiger partial charge < -0.3 is 10.6 Å². The number of hydrogen-bond donors (Lipinski definition) is 1. The van der Waals surface area contributed by atoms with E-state index in [-0.39, 0.29) is 11.1 Å². The lowest BCUT2D eigenvalue weighted by Crippen LogP contribution is -2.32. The topological polar surface area (TPSA) is 29.3 Å². The Morgan fingerprint density at radius 1 is 1.33 bits per heavy atom. The number of anilines is 2. The van der Waals surface area contributed by atoms with Crippen LogP contribution in [0.25, 0.3) is 0 Å². The van der Waals surface area contributed by atoms with E-state index in [0.717, 1.165) is 25.1 Å². The molecule has 0 aliphatic carbocycles. The molecule has 0 amide bonds. The average molecular weight is 273 g/mol. The molecule has 2 N–H and O–H groups in total. The van der Waals surface area contributed by atoms with E-state index in [1.54, 1.807) is 0 Å². The van der Waals surface area contributed by atoms with E-state index in [4.69, 9.17) is 17.3 Å². The van der Waals surface area contributed by atoms with E-state index in [1.807, 2.05) is 0 Å². The van der Waals surface area contributed by atoms with Gasteiger partial charge in [0.1, 0.15) is 5.82 Å². The van der Waals surface area contributed by atoms with Crippen LogP contribution in [0.5, 0.6) is 0 Å². The van der Waals surface area contributed by atoms with Gasteiger partial charge in [0.2, 0.25) is 0 Å². The minimum Gasteiger partial charge on any atom is -0.397 e. The zero-order valence-corrected chi connectivity index (χ0v) is 12.1. The third kappa shape index (κ3) is 3.77. The van der Waals surface area contributed by atoms with Crippen molar-refractivity contribution in [3.05, 3.63) is 23.0 Å². The van der Waals surface area contributed by atoms with Crippen LogP contribution in [0.4, 0.5) is 15.8 Å². The average Bonchev–Trinajstić information content (AvgIpc) is 2.30. The highest BCUT2D eigenvalue weighted by Crippen LogP contribution is 2.30. The van der Waals surface area contributed by atoms with Crippen molar-refractivity contribution >= 4 is 23.0 Å². The van der Waals surface area contributed by atoms with Gasteiger partial charge >= 0.3 is 0 Å². The lowest BCUT2D eigenvalue weighted by Gasteiger charge is -2.30. The van der Waals surface area contributed by atoms with E-state index in [9.17, 15) is 4.39 Å². The number of nitrogens with zero attached hydrogens (tertiary/aromatic N) is 1. The molecule has 0 aliphatic heterocycles. The van der Waals surface area contributed by atoms with Crippen molar-refractivity contribution in [1.29, 1.82) is 0 Å². The Labute approximate surface area is 114 Å². The zero-order valence-electron chi connectivity index (χ0n) is 11.3. The molecule has 1 aromatic rings. The second-order valence-corrected chi connectivity index (χ2v) is 5.23. The molecule has 0 fully saturated rings. The summed E-state index contributed by atoms with van der Waals surface area (Å²) in [4.78, 5) is 2.13. The van der Waals surface area contributed by atoms with E-state index >= 15 is 0 Å². The summed E-state index contributed by atoms with van der Waals surface area (Å²) in [6.45, 7) is 7.21. The van der Waals surface area contributed by atoms with Crippen molar-refractivity contribution < 1.29 is 4.39 Å². The van der Waals surface area contributed by atoms with Crippen molar-refractivity contribution in [1.82, 2.24) is 0 Å².